The van der Waals surface area contributed by atoms with Gasteiger partial charge in [0, 0.05) is 47.9 Å². The predicted octanol–water partition coefficient (Wildman–Crippen LogP) is 3.23. The number of aliphatic carboxylic acids is 2. The van der Waals surface area contributed by atoms with Crippen molar-refractivity contribution < 1.29 is 29.3 Å². The van der Waals surface area contributed by atoms with Gasteiger partial charge >= 0.3 is 11.9 Å². The average Bonchev–Trinajstić information content (AvgIpc) is 2.88. The molecular weight excluding hydrogens is 530 g/mol. The Morgan fingerprint density at radius 2 is 1.76 bits per heavy atom. The van der Waals surface area contributed by atoms with E-state index in [0.717, 1.165) is 37.6 Å². The maximum absolute atomic E-state index is 10.4. The SMILES string of the molecule is CC(C)(S)C(N)C(=O)O.O=C(O)COCCOCN1CCN(C(c2ccccc2)C2C=CC(Cl)=CC2)CC1. The second-order valence-corrected chi connectivity index (χ2v) is 11.4. The number of thiol groups is 1. The van der Waals surface area contributed by atoms with Gasteiger partial charge in [0.25, 0.3) is 0 Å². The first-order chi connectivity index (χ1) is 18.0. The van der Waals surface area contributed by atoms with Crippen LogP contribution in [0.5, 0.6) is 0 Å². The quantitative estimate of drug-likeness (QED) is 0.222. The van der Waals surface area contributed by atoms with Gasteiger partial charge in [-0.05, 0) is 31.9 Å². The highest BCUT2D eigenvalue weighted by atomic mass is 35.5. The molecule has 0 saturated carbocycles. The molecule has 212 valence electrons. The van der Waals surface area contributed by atoms with Gasteiger partial charge in [0.1, 0.15) is 12.6 Å². The molecule has 3 atom stereocenters. The molecule has 1 aliphatic carbocycles. The highest BCUT2D eigenvalue weighted by molar-refractivity contribution is 7.81. The number of nitrogens with two attached hydrogens (primary N) is 1. The zero-order chi connectivity index (χ0) is 28.1. The van der Waals surface area contributed by atoms with E-state index in [-0.39, 0.29) is 6.61 Å². The van der Waals surface area contributed by atoms with Crippen molar-refractivity contribution in [1.82, 2.24) is 9.80 Å². The average molecular weight is 570 g/mol. The van der Waals surface area contributed by atoms with Crippen LogP contribution in [0.2, 0.25) is 0 Å². The van der Waals surface area contributed by atoms with E-state index >= 15 is 0 Å². The Kier molecular flexibility index (Phi) is 13.8. The highest BCUT2D eigenvalue weighted by Crippen LogP contribution is 2.35. The van der Waals surface area contributed by atoms with Crippen molar-refractivity contribution in [3.8, 4) is 0 Å². The number of carboxylic acids is 2. The summed E-state index contributed by atoms with van der Waals surface area (Å²) in [6.07, 6.45) is 7.32. The Morgan fingerprint density at radius 3 is 2.26 bits per heavy atom. The second-order valence-electron chi connectivity index (χ2n) is 9.81. The summed E-state index contributed by atoms with van der Waals surface area (Å²) in [6, 6.07) is 10.1. The van der Waals surface area contributed by atoms with Gasteiger partial charge in [-0.2, -0.15) is 12.6 Å². The number of hydrogen-bond acceptors (Lipinski definition) is 8. The van der Waals surface area contributed by atoms with E-state index in [2.05, 4.69) is 64.9 Å². The Hall–Kier alpha value is -1.92. The number of nitrogens with zero attached hydrogens (tertiary/aromatic N) is 2. The lowest BCUT2D eigenvalue weighted by Gasteiger charge is -2.42. The number of halogens is 1. The van der Waals surface area contributed by atoms with Gasteiger partial charge in [0.2, 0.25) is 0 Å². The minimum absolute atomic E-state index is 0.279. The van der Waals surface area contributed by atoms with Gasteiger partial charge in [-0.15, -0.1) is 0 Å². The third-order valence-electron chi connectivity index (χ3n) is 6.33. The first kappa shape index (κ1) is 32.3. The molecule has 0 amide bonds. The van der Waals surface area contributed by atoms with E-state index in [1.807, 2.05) is 6.08 Å². The van der Waals surface area contributed by atoms with Crippen molar-refractivity contribution in [3.63, 3.8) is 0 Å². The summed E-state index contributed by atoms with van der Waals surface area (Å²) in [5.41, 5.74) is 6.56. The molecule has 11 heteroatoms. The zero-order valence-corrected chi connectivity index (χ0v) is 23.7. The molecule has 2 aliphatic rings. The first-order valence-corrected chi connectivity index (χ1v) is 13.4. The summed E-state index contributed by atoms with van der Waals surface area (Å²) in [4.78, 5) is 25.4. The molecule has 0 spiro atoms. The monoisotopic (exact) mass is 569 g/mol. The van der Waals surface area contributed by atoms with Crippen molar-refractivity contribution in [2.24, 2.45) is 11.7 Å². The summed E-state index contributed by atoms with van der Waals surface area (Å²) < 4.78 is 9.96. The van der Waals surface area contributed by atoms with E-state index in [1.54, 1.807) is 13.8 Å². The van der Waals surface area contributed by atoms with E-state index in [9.17, 15) is 9.59 Å². The Labute approximate surface area is 235 Å². The fourth-order valence-electron chi connectivity index (χ4n) is 4.17. The summed E-state index contributed by atoms with van der Waals surface area (Å²) >= 11 is 10.1. The molecule has 38 heavy (non-hydrogen) atoms. The van der Waals surface area contributed by atoms with Crippen molar-refractivity contribution in [1.29, 1.82) is 0 Å². The molecule has 0 aromatic heterocycles. The zero-order valence-electron chi connectivity index (χ0n) is 22.0. The summed E-state index contributed by atoms with van der Waals surface area (Å²) in [5.74, 6) is -1.57. The van der Waals surface area contributed by atoms with Crippen LogP contribution in [0.4, 0.5) is 0 Å². The summed E-state index contributed by atoms with van der Waals surface area (Å²) in [5, 5.41) is 17.7. The van der Waals surface area contributed by atoms with Crippen LogP contribution in [0.15, 0.2) is 53.6 Å². The maximum atomic E-state index is 10.4. The van der Waals surface area contributed by atoms with Gasteiger partial charge in [0.15, 0.2) is 0 Å². The third kappa shape index (κ3) is 11.4. The molecule has 1 aliphatic heterocycles. The normalized spacial score (nSPS) is 20.1. The predicted molar refractivity (Wildman–Crippen MR) is 151 cm³/mol. The Morgan fingerprint density at radius 1 is 1.13 bits per heavy atom. The molecule has 3 unspecified atom stereocenters. The number of rotatable bonds is 12. The molecule has 0 bridgehead atoms. The molecule has 1 saturated heterocycles. The van der Waals surface area contributed by atoms with Gasteiger partial charge in [0.05, 0.1) is 19.9 Å². The fraction of sp³-hybridized carbons (Fsp3) is 0.556. The van der Waals surface area contributed by atoms with E-state index in [1.165, 1.54) is 5.56 Å². The smallest absolute Gasteiger partial charge is 0.329 e. The number of allylic oxidation sites excluding steroid dienone is 3. The molecule has 1 aromatic carbocycles. The minimum Gasteiger partial charge on any atom is -0.480 e. The van der Waals surface area contributed by atoms with Crippen LogP contribution < -0.4 is 5.73 Å². The van der Waals surface area contributed by atoms with Crippen LogP contribution in [0.25, 0.3) is 0 Å². The van der Waals surface area contributed by atoms with Crippen LogP contribution in [-0.2, 0) is 19.1 Å². The molecule has 1 aromatic rings. The van der Waals surface area contributed by atoms with E-state index in [4.69, 9.17) is 37.0 Å². The number of benzene rings is 1. The summed E-state index contributed by atoms with van der Waals surface area (Å²) in [6.45, 7) is 8.11. The molecule has 4 N–H and O–H groups in total. The van der Waals surface area contributed by atoms with Gasteiger partial charge < -0.3 is 25.4 Å². The van der Waals surface area contributed by atoms with Crippen LogP contribution in [0, 0.1) is 5.92 Å². The van der Waals surface area contributed by atoms with Crippen LogP contribution in [0.3, 0.4) is 0 Å². The van der Waals surface area contributed by atoms with Crippen molar-refractivity contribution in [2.75, 3.05) is 52.7 Å². The lowest BCUT2D eigenvalue weighted by Crippen LogP contribution is -2.49. The van der Waals surface area contributed by atoms with Crippen molar-refractivity contribution in [2.45, 2.75) is 37.1 Å². The minimum atomic E-state index is -1.02. The van der Waals surface area contributed by atoms with Crippen molar-refractivity contribution >= 4 is 36.2 Å². The number of carboxylic acid groups (broad SMARTS) is 2. The highest BCUT2D eigenvalue weighted by Gasteiger charge is 2.30. The molecule has 0 radical (unpaired) electrons. The molecule has 1 heterocycles. The topological polar surface area (TPSA) is 126 Å². The largest absolute Gasteiger partial charge is 0.480 e. The van der Waals surface area contributed by atoms with E-state index in [0.29, 0.717) is 31.9 Å². The second kappa shape index (κ2) is 16.2. The molecule has 9 nitrogen and oxygen atoms in total. The maximum Gasteiger partial charge on any atom is 0.329 e. The van der Waals surface area contributed by atoms with Crippen molar-refractivity contribution in [3.05, 3.63) is 59.2 Å². The first-order valence-electron chi connectivity index (χ1n) is 12.6. The number of ether oxygens (including phenoxy) is 2. The number of carbonyl (C=O) groups is 2. The fourth-order valence-corrected chi connectivity index (χ4v) is 4.44. The van der Waals surface area contributed by atoms with E-state index < -0.39 is 22.7 Å². The van der Waals surface area contributed by atoms with Gasteiger partial charge in [-0.1, -0.05) is 54.1 Å². The standard InChI is InChI=1S/C22H29ClN2O4.C5H11NO2S/c23-20-8-6-19(7-9-20)22(18-4-2-1-3-5-18)25-12-10-24(11-13-25)17-29-15-14-28-16-21(26)27;1-5(2,9)3(6)4(7)8/h1-6,8-9,19,22H,7,10-17H2,(H,26,27);3,9H,6H2,1-2H3,(H,7,8). The summed E-state index contributed by atoms with van der Waals surface area (Å²) in [7, 11) is 0. The number of piperazine rings is 1. The lowest BCUT2D eigenvalue weighted by molar-refractivity contribution is -0.143. The van der Waals surface area contributed by atoms with Gasteiger partial charge in [-0.3, -0.25) is 14.6 Å². The molecular formula is C27H40ClN3O6S. The third-order valence-corrected chi connectivity index (χ3v) is 6.89. The van der Waals surface area contributed by atoms with Crippen LogP contribution in [0.1, 0.15) is 31.9 Å². The lowest BCUT2D eigenvalue weighted by atomic mass is 9.86. The Bertz CT molecular complexity index is 932. The van der Waals surface area contributed by atoms with Gasteiger partial charge in [-0.25, -0.2) is 4.79 Å². The number of hydrogen-bond donors (Lipinski definition) is 4. The molecule has 3 rings (SSSR count). The van der Waals surface area contributed by atoms with Crippen LogP contribution >= 0.6 is 24.2 Å². The van der Waals surface area contributed by atoms with Crippen LogP contribution in [-0.4, -0.2) is 95.5 Å². The Balaban J connectivity index is 0.000000484. The molecule has 1 fully saturated rings.